The van der Waals surface area contributed by atoms with Gasteiger partial charge in [0.2, 0.25) is 11.1 Å². The Balaban J connectivity index is 1.31. The molecule has 1 aromatic heterocycles. The molecule has 0 bridgehead atoms. The first kappa shape index (κ1) is 35.1. The molecule has 1 aliphatic rings. The fourth-order valence-electron chi connectivity index (χ4n) is 5.67. The van der Waals surface area contributed by atoms with Crippen molar-refractivity contribution >= 4 is 35.3 Å². The molecule has 5 aromatic rings. The Morgan fingerprint density at radius 3 is 2.34 bits per heavy atom. The lowest BCUT2D eigenvalue weighted by molar-refractivity contribution is -0.140. The first-order valence-corrected chi connectivity index (χ1v) is 18.0. The number of thioether (sulfide) groups is 1. The van der Waals surface area contributed by atoms with Crippen LogP contribution in [0.15, 0.2) is 113 Å². The Kier molecular flexibility index (Phi) is 10.8. The van der Waals surface area contributed by atoms with Crippen LogP contribution >= 0.6 is 23.4 Å². The summed E-state index contributed by atoms with van der Waals surface area (Å²) in [5.41, 5.74) is 6.11. The number of benzene rings is 4. The van der Waals surface area contributed by atoms with Crippen LogP contribution in [-0.4, -0.2) is 27.3 Å². The van der Waals surface area contributed by atoms with Crippen LogP contribution in [0.5, 0.6) is 11.5 Å². The quantitative estimate of drug-likeness (QED) is 0.101. The van der Waals surface area contributed by atoms with Crippen LogP contribution < -0.4 is 14.8 Å². The smallest absolute Gasteiger partial charge is 0.338 e. The van der Waals surface area contributed by atoms with Crippen molar-refractivity contribution in [3.8, 4) is 11.5 Å². The summed E-state index contributed by atoms with van der Waals surface area (Å²) < 4.78 is 20.0. The highest BCUT2D eigenvalue weighted by molar-refractivity contribution is 7.98. The second-order valence-electron chi connectivity index (χ2n) is 13.0. The molecule has 1 N–H and O–H groups in total. The highest BCUT2D eigenvalue weighted by atomic mass is 35.5. The van der Waals surface area contributed by atoms with E-state index in [9.17, 15) is 4.79 Å². The van der Waals surface area contributed by atoms with Gasteiger partial charge in [0, 0.05) is 16.5 Å². The molecule has 50 heavy (non-hydrogen) atoms. The SMILES string of the molecule is CCOc1cc(C2C(C(=O)OCc3ccccc3)=C(C)Nc3nc(SCc4ccccc4Cl)nn32)ccc1OCc1ccc(C(C)(C)C)cc1. The summed E-state index contributed by atoms with van der Waals surface area (Å²) in [6.45, 7) is 11.3. The second kappa shape index (κ2) is 15.4. The van der Waals surface area contributed by atoms with Gasteiger partial charge in [-0.3, -0.25) is 0 Å². The number of carbonyl (C=O) groups excluding carboxylic acids is 1. The van der Waals surface area contributed by atoms with Crippen LogP contribution in [0.2, 0.25) is 5.02 Å². The summed E-state index contributed by atoms with van der Waals surface area (Å²) in [5, 5.41) is 9.42. The number of hydrogen-bond donors (Lipinski definition) is 1. The van der Waals surface area contributed by atoms with E-state index in [0.29, 0.717) is 57.9 Å². The Morgan fingerprint density at radius 2 is 1.62 bits per heavy atom. The average molecular weight is 709 g/mol. The zero-order valence-electron chi connectivity index (χ0n) is 28.9. The molecule has 2 heterocycles. The predicted molar refractivity (Wildman–Crippen MR) is 199 cm³/mol. The molecule has 10 heteroatoms. The minimum Gasteiger partial charge on any atom is -0.490 e. The molecular weight excluding hydrogens is 668 g/mol. The molecule has 258 valence electrons. The van der Waals surface area contributed by atoms with E-state index in [4.69, 9.17) is 35.9 Å². The van der Waals surface area contributed by atoms with E-state index in [2.05, 4.69) is 50.4 Å². The average Bonchev–Trinajstić information content (AvgIpc) is 3.51. The Labute approximate surface area is 302 Å². The van der Waals surface area contributed by atoms with Crippen molar-refractivity contribution in [1.82, 2.24) is 14.8 Å². The molecule has 1 unspecified atom stereocenters. The zero-order chi connectivity index (χ0) is 35.3. The van der Waals surface area contributed by atoms with Gasteiger partial charge in [0.15, 0.2) is 11.5 Å². The van der Waals surface area contributed by atoms with E-state index in [1.807, 2.05) is 86.6 Å². The molecule has 0 fully saturated rings. The largest absolute Gasteiger partial charge is 0.490 e. The normalized spacial score (nSPS) is 14.2. The molecule has 0 amide bonds. The van der Waals surface area contributed by atoms with Gasteiger partial charge in [0.25, 0.3) is 0 Å². The number of ether oxygens (including phenoxy) is 3. The van der Waals surface area contributed by atoms with Gasteiger partial charge in [-0.05, 0) is 65.3 Å². The van der Waals surface area contributed by atoms with Crippen LogP contribution in [0.3, 0.4) is 0 Å². The van der Waals surface area contributed by atoms with Gasteiger partial charge in [-0.1, -0.05) is 123 Å². The summed E-state index contributed by atoms with van der Waals surface area (Å²) in [7, 11) is 0. The van der Waals surface area contributed by atoms with Crippen LogP contribution in [0, 0.1) is 0 Å². The minimum atomic E-state index is -0.644. The Bertz CT molecular complexity index is 1990. The zero-order valence-corrected chi connectivity index (χ0v) is 30.5. The molecule has 1 aliphatic heterocycles. The summed E-state index contributed by atoms with van der Waals surface area (Å²) in [4.78, 5) is 18.7. The summed E-state index contributed by atoms with van der Waals surface area (Å²) in [6, 6.07) is 30.9. The molecule has 0 spiro atoms. The standard InChI is InChI=1S/C40H41ClN4O4S/c1-6-47-34-22-29(18-21-33(34)48-23-28-16-19-31(20-17-28)40(3,4)5)36-35(37(46)49-24-27-12-8-7-9-13-27)26(2)42-38-43-39(44-45(36)38)50-25-30-14-10-11-15-32(30)41/h7-22,36H,6,23-25H2,1-5H3,(H,42,43,44). The number of hydrogen-bond acceptors (Lipinski definition) is 8. The molecular formula is C40H41ClN4O4S. The lowest BCUT2D eigenvalue weighted by Crippen LogP contribution is -2.29. The fraction of sp³-hybridized carbons (Fsp3) is 0.275. The lowest BCUT2D eigenvalue weighted by Gasteiger charge is -2.28. The van der Waals surface area contributed by atoms with E-state index >= 15 is 0 Å². The van der Waals surface area contributed by atoms with Crippen LogP contribution in [0.25, 0.3) is 0 Å². The molecule has 0 saturated heterocycles. The number of aromatic nitrogens is 3. The molecule has 8 nitrogen and oxygen atoms in total. The number of nitrogens with zero attached hydrogens (tertiary/aromatic N) is 3. The van der Waals surface area contributed by atoms with E-state index in [1.165, 1.54) is 17.3 Å². The van der Waals surface area contributed by atoms with Gasteiger partial charge in [-0.25, -0.2) is 9.48 Å². The van der Waals surface area contributed by atoms with Gasteiger partial charge in [0.1, 0.15) is 19.3 Å². The number of nitrogens with one attached hydrogen (secondary N) is 1. The van der Waals surface area contributed by atoms with E-state index in [1.54, 1.807) is 4.68 Å². The van der Waals surface area contributed by atoms with E-state index in [0.717, 1.165) is 22.3 Å². The number of rotatable bonds is 12. The van der Waals surface area contributed by atoms with Crippen molar-refractivity contribution in [1.29, 1.82) is 0 Å². The van der Waals surface area contributed by atoms with Gasteiger partial charge in [-0.2, -0.15) is 4.98 Å². The highest BCUT2D eigenvalue weighted by Gasteiger charge is 2.36. The van der Waals surface area contributed by atoms with Crippen molar-refractivity contribution in [2.24, 2.45) is 0 Å². The van der Waals surface area contributed by atoms with E-state index < -0.39 is 12.0 Å². The Morgan fingerprint density at radius 1 is 0.900 bits per heavy atom. The molecule has 0 aliphatic carbocycles. The first-order chi connectivity index (χ1) is 24.1. The first-order valence-electron chi connectivity index (χ1n) is 16.6. The highest BCUT2D eigenvalue weighted by Crippen LogP contribution is 2.40. The van der Waals surface area contributed by atoms with Crippen molar-refractivity contribution in [2.75, 3.05) is 11.9 Å². The molecule has 0 radical (unpaired) electrons. The number of esters is 1. The summed E-state index contributed by atoms with van der Waals surface area (Å²) in [6.07, 6.45) is 0. The van der Waals surface area contributed by atoms with Gasteiger partial charge in [-0.15, -0.1) is 5.10 Å². The molecule has 0 saturated carbocycles. The topological polar surface area (TPSA) is 87.5 Å². The number of carbonyl (C=O) groups is 1. The van der Waals surface area contributed by atoms with Crippen LogP contribution in [-0.2, 0) is 33.9 Å². The minimum absolute atomic E-state index is 0.0741. The maximum Gasteiger partial charge on any atom is 0.338 e. The van der Waals surface area contributed by atoms with Crippen molar-refractivity contribution in [3.63, 3.8) is 0 Å². The number of fused-ring (bicyclic) bond motifs is 1. The molecule has 6 rings (SSSR count). The molecule has 4 aromatic carbocycles. The third kappa shape index (κ3) is 8.17. The maximum absolute atomic E-state index is 13.9. The van der Waals surface area contributed by atoms with Crippen molar-refractivity contribution in [3.05, 3.63) is 141 Å². The van der Waals surface area contributed by atoms with Crippen LogP contribution in [0.1, 0.15) is 68.5 Å². The molecule has 1 atom stereocenters. The van der Waals surface area contributed by atoms with Crippen molar-refractivity contribution < 1.29 is 19.0 Å². The van der Waals surface area contributed by atoms with E-state index in [-0.39, 0.29) is 12.0 Å². The monoisotopic (exact) mass is 708 g/mol. The summed E-state index contributed by atoms with van der Waals surface area (Å²) >= 11 is 7.89. The Hall–Kier alpha value is -4.73. The van der Waals surface area contributed by atoms with Gasteiger partial charge >= 0.3 is 5.97 Å². The lowest BCUT2D eigenvalue weighted by atomic mass is 9.87. The number of anilines is 1. The van der Waals surface area contributed by atoms with Crippen molar-refractivity contribution in [2.45, 2.75) is 70.2 Å². The third-order valence-corrected chi connectivity index (χ3v) is 9.63. The fourth-order valence-corrected chi connectivity index (χ4v) is 6.78. The van der Waals surface area contributed by atoms with Gasteiger partial charge < -0.3 is 19.5 Å². The third-order valence-electron chi connectivity index (χ3n) is 8.38. The number of allylic oxidation sites excluding steroid dienone is 1. The van der Waals surface area contributed by atoms with Crippen LogP contribution in [0.4, 0.5) is 5.95 Å². The summed E-state index contributed by atoms with van der Waals surface area (Å²) in [5.74, 6) is 1.83. The van der Waals surface area contributed by atoms with Gasteiger partial charge in [0.05, 0.1) is 12.2 Å². The number of halogens is 1. The predicted octanol–water partition coefficient (Wildman–Crippen LogP) is 9.53. The maximum atomic E-state index is 13.9. The second-order valence-corrected chi connectivity index (χ2v) is 14.4.